The molecule has 1 saturated heterocycles. The number of urea groups is 1. The maximum Gasteiger partial charge on any atom is 0.338 e. The van der Waals surface area contributed by atoms with Crippen LogP contribution >= 0.6 is 0 Å². The van der Waals surface area contributed by atoms with E-state index in [-0.39, 0.29) is 18.6 Å². The molecule has 0 bridgehead atoms. The molecule has 30 heavy (non-hydrogen) atoms. The number of likely N-dealkylation sites (tertiary alicyclic amines) is 1. The van der Waals surface area contributed by atoms with Crippen LogP contribution in [0.2, 0.25) is 0 Å². The first-order valence-corrected chi connectivity index (χ1v) is 10.8. The molecular formula is C24H33N3O3. The fourth-order valence-corrected chi connectivity index (χ4v) is 4.09. The normalized spacial score (nSPS) is 20.8. The van der Waals surface area contributed by atoms with Gasteiger partial charge in [0.15, 0.2) is 0 Å². The first-order valence-electron chi connectivity index (χ1n) is 10.8. The van der Waals surface area contributed by atoms with Crippen molar-refractivity contribution in [1.82, 2.24) is 15.1 Å². The van der Waals surface area contributed by atoms with Crippen LogP contribution in [-0.2, 0) is 9.53 Å². The fourth-order valence-electron chi connectivity index (χ4n) is 4.09. The van der Waals surface area contributed by atoms with Gasteiger partial charge < -0.3 is 10.1 Å². The van der Waals surface area contributed by atoms with Gasteiger partial charge in [-0.3, -0.25) is 9.80 Å². The lowest BCUT2D eigenvalue weighted by Crippen LogP contribution is -2.51. The van der Waals surface area contributed by atoms with E-state index in [2.05, 4.69) is 23.7 Å². The zero-order chi connectivity index (χ0) is 21.7. The summed E-state index contributed by atoms with van der Waals surface area (Å²) >= 11 is 0. The van der Waals surface area contributed by atoms with Gasteiger partial charge in [0.25, 0.3) is 0 Å². The van der Waals surface area contributed by atoms with E-state index in [0.29, 0.717) is 24.6 Å². The van der Waals surface area contributed by atoms with Crippen molar-refractivity contribution in [2.75, 3.05) is 32.8 Å². The third kappa shape index (κ3) is 4.93. The van der Waals surface area contributed by atoms with Gasteiger partial charge in [-0.05, 0) is 51.3 Å². The third-order valence-electron chi connectivity index (χ3n) is 5.91. The van der Waals surface area contributed by atoms with Crippen molar-refractivity contribution in [3.63, 3.8) is 0 Å². The number of ether oxygens (including phenoxy) is 1. The van der Waals surface area contributed by atoms with E-state index in [1.165, 1.54) is 0 Å². The molecule has 162 valence electrons. The van der Waals surface area contributed by atoms with E-state index in [1.807, 2.05) is 31.2 Å². The smallest absolute Gasteiger partial charge is 0.338 e. The molecule has 2 aliphatic heterocycles. The molecule has 2 heterocycles. The molecule has 1 N–H and O–H groups in total. The van der Waals surface area contributed by atoms with Crippen LogP contribution in [0.4, 0.5) is 4.79 Å². The Balaban J connectivity index is 2.06. The molecule has 0 spiro atoms. The van der Waals surface area contributed by atoms with Crippen molar-refractivity contribution in [1.29, 1.82) is 0 Å². The zero-order valence-electron chi connectivity index (χ0n) is 18.3. The first kappa shape index (κ1) is 22.1. The summed E-state index contributed by atoms with van der Waals surface area (Å²) in [5, 5.41) is 3.01. The van der Waals surface area contributed by atoms with Crippen molar-refractivity contribution in [2.24, 2.45) is 5.92 Å². The minimum atomic E-state index is -0.531. The molecule has 1 aromatic carbocycles. The molecule has 2 aliphatic rings. The van der Waals surface area contributed by atoms with Crippen molar-refractivity contribution in [3.05, 3.63) is 59.3 Å². The Hall–Kier alpha value is -2.60. The number of hydrogen-bond acceptors (Lipinski definition) is 4. The largest absolute Gasteiger partial charge is 0.463 e. The highest BCUT2D eigenvalue weighted by Gasteiger charge is 2.38. The summed E-state index contributed by atoms with van der Waals surface area (Å²) in [6.07, 6.45) is 3.93. The molecule has 2 amide bonds. The molecule has 3 rings (SSSR count). The monoisotopic (exact) mass is 411 g/mol. The van der Waals surface area contributed by atoms with E-state index in [0.717, 1.165) is 42.8 Å². The van der Waals surface area contributed by atoms with Gasteiger partial charge in [-0.1, -0.05) is 42.8 Å². The lowest BCUT2D eigenvalue weighted by atomic mass is 9.93. The molecular weight excluding hydrogens is 378 g/mol. The number of amides is 2. The van der Waals surface area contributed by atoms with Crippen LogP contribution in [-0.4, -0.2) is 54.6 Å². The minimum Gasteiger partial charge on any atom is -0.463 e. The maximum atomic E-state index is 13.1. The average Bonchev–Trinajstić information content (AvgIpc) is 2.72. The van der Waals surface area contributed by atoms with Gasteiger partial charge in [0.2, 0.25) is 0 Å². The molecule has 0 aromatic heterocycles. The Morgan fingerprint density at radius 3 is 2.53 bits per heavy atom. The fraction of sp³-hybridized carbons (Fsp3) is 0.500. The number of hydrogen-bond donors (Lipinski definition) is 1. The predicted molar refractivity (Wildman–Crippen MR) is 118 cm³/mol. The van der Waals surface area contributed by atoms with Crippen LogP contribution < -0.4 is 5.32 Å². The highest BCUT2D eigenvalue weighted by atomic mass is 16.5. The number of nitrogens with one attached hydrogen (secondary N) is 1. The third-order valence-corrected chi connectivity index (χ3v) is 5.91. The van der Waals surface area contributed by atoms with Crippen LogP contribution in [0, 0.1) is 12.8 Å². The Morgan fingerprint density at radius 2 is 1.93 bits per heavy atom. The number of benzene rings is 1. The molecule has 1 aromatic rings. The van der Waals surface area contributed by atoms with Crippen LogP contribution in [0.5, 0.6) is 0 Å². The Labute approximate surface area is 179 Å². The number of piperidine rings is 1. The van der Waals surface area contributed by atoms with E-state index in [4.69, 9.17) is 4.74 Å². The van der Waals surface area contributed by atoms with E-state index in [1.54, 1.807) is 17.9 Å². The van der Waals surface area contributed by atoms with Crippen LogP contribution in [0.3, 0.4) is 0 Å². The van der Waals surface area contributed by atoms with Gasteiger partial charge >= 0.3 is 12.0 Å². The van der Waals surface area contributed by atoms with Gasteiger partial charge in [0.1, 0.15) is 0 Å². The summed E-state index contributed by atoms with van der Waals surface area (Å²) in [7, 11) is 0. The summed E-state index contributed by atoms with van der Waals surface area (Å²) < 4.78 is 5.44. The van der Waals surface area contributed by atoms with Gasteiger partial charge in [0, 0.05) is 18.8 Å². The van der Waals surface area contributed by atoms with E-state index >= 15 is 0 Å². The molecule has 6 heteroatoms. The van der Waals surface area contributed by atoms with E-state index < -0.39 is 6.04 Å². The van der Waals surface area contributed by atoms with Crippen LogP contribution in [0.15, 0.2) is 48.2 Å². The minimum absolute atomic E-state index is 0.214. The van der Waals surface area contributed by atoms with Crippen LogP contribution in [0.1, 0.15) is 43.9 Å². The number of aryl methyl sites for hydroxylation is 1. The van der Waals surface area contributed by atoms with Crippen LogP contribution in [0.25, 0.3) is 0 Å². The second-order valence-corrected chi connectivity index (χ2v) is 8.23. The maximum absolute atomic E-state index is 13.1. The SMILES string of the molecule is C=CCN1C(=O)N[C@@H](c2ccc(C)cc2)C(C(=O)OCC)=C1CN1CCC(C)CC1. The van der Waals surface area contributed by atoms with Gasteiger partial charge in [-0.25, -0.2) is 9.59 Å². The van der Waals surface area contributed by atoms with Crippen molar-refractivity contribution in [2.45, 2.75) is 39.7 Å². The first-order chi connectivity index (χ1) is 14.4. The van der Waals surface area contributed by atoms with Crippen molar-refractivity contribution < 1.29 is 14.3 Å². The zero-order valence-corrected chi connectivity index (χ0v) is 18.3. The number of esters is 1. The molecule has 1 atom stereocenters. The second kappa shape index (κ2) is 9.94. The Bertz CT molecular complexity index is 807. The number of carbonyl (C=O) groups is 2. The summed E-state index contributed by atoms with van der Waals surface area (Å²) in [6, 6.07) is 7.16. The Morgan fingerprint density at radius 1 is 1.27 bits per heavy atom. The van der Waals surface area contributed by atoms with E-state index in [9.17, 15) is 9.59 Å². The highest BCUT2D eigenvalue weighted by Crippen LogP contribution is 2.33. The number of rotatable bonds is 7. The van der Waals surface area contributed by atoms with Gasteiger partial charge in [-0.15, -0.1) is 6.58 Å². The molecule has 0 saturated carbocycles. The summed E-state index contributed by atoms with van der Waals surface area (Å²) in [4.78, 5) is 30.1. The van der Waals surface area contributed by atoms with Crippen molar-refractivity contribution in [3.8, 4) is 0 Å². The molecule has 0 aliphatic carbocycles. The second-order valence-electron chi connectivity index (χ2n) is 8.23. The predicted octanol–water partition coefficient (Wildman–Crippen LogP) is 3.80. The molecule has 6 nitrogen and oxygen atoms in total. The standard InChI is InChI=1S/C24H33N3O3/c1-5-13-27-20(16-26-14-11-18(4)12-15-26)21(23(28)30-6-2)22(25-24(27)29)19-9-7-17(3)8-10-19/h5,7-10,18,22H,1,6,11-16H2,2-4H3,(H,25,29)/t22-/m0/s1. The highest BCUT2D eigenvalue weighted by molar-refractivity contribution is 5.95. The number of nitrogens with zero attached hydrogens (tertiary/aromatic N) is 2. The lowest BCUT2D eigenvalue weighted by Gasteiger charge is -2.39. The quantitative estimate of drug-likeness (QED) is 0.548. The topological polar surface area (TPSA) is 61.9 Å². The van der Waals surface area contributed by atoms with Gasteiger partial charge in [0.05, 0.1) is 18.2 Å². The Kier molecular flexibility index (Phi) is 7.32. The van der Waals surface area contributed by atoms with Gasteiger partial charge in [-0.2, -0.15) is 0 Å². The average molecular weight is 412 g/mol. The summed E-state index contributed by atoms with van der Waals surface area (Å²) in [5.74, 6) is 0.330. The number of carbonyl (C=O) groups excluding carboxylic acids is 2. The molecule has 1 fully saturated rings. The molecule has 0 radical (unpaired) electrons. The molecule has 0 unspecified atom stereocenters. The van der Waals surface area contributed by atoms with Crippen molar-refractivity contribution >= 4 is 12.0 Å². The summed E-state index contributed by atoms with van der Waals surface area (Å²) in [5.41, 5.74) is 3.23. The summed E-state index contributed by atoms with van der Waals surface area (Å²) in [6.45, 7) is 13.0. The lowest BCUT2D eigenvalue weighted by molar-refractivity contribution is -0.139.